The summed E-state index contributed by atoms with van der Waals surface area (Å²) in [6.45, 7) is 3.83. The molecular formula is C19H18Cl2N4OS. The SMILES string of the molecule is CC(C)Oc1c(Cl)cc(/C=N\n2c(Cc3ccccc3)n[nH]c2=S)cc1Cl. The third-order valence-electron chi connectivity index (χ3n) is 3.62. The predicted octanol–water partition coefficient (Wildman–Crippen LogP) is 5.51. The fourth-order valence-electron chi connectivity index (χ4n) is 2.46. The summed E-state index contributed by atoms with van der Waals surface area (Å²) in [5, 5.41) is 12.3. The first kappa shape index (κ1) is 19.6. The van der Waals surface area contributed by atoms with Crippen molar-refractivity contribution in [2.75, 3.05) is 0 Å². The van der Waals surface area contributed by atoms with Gasteiger partial charge in [0.25, 0.3) is 0 Å². The maximum absolute atomic E-state index is 6.29. The maximum atomic E-state index is 6.29. The van der Waals surface area contributed by atoms with Crippen LogP contribution in [-0.2, 0) is 6.42 Å². The lowest BCUT2D eigenvalue weighted by Crippen LogP contribution is -2.06. The molecule has 0 saturated heterocycles. The second-order valence-electron chi connectivity index (χ2n) is 6.14. The normalized spacial score (nSPS) is 11.4. The molecule has 0 amide bonds. The standard InChI is InChI=1S/C19H18Cl2N4OS/c1-12(2)26-18-15(20)8-14(9-16(18)21)11-22-25-17(23-24-19(25)27)10-13-6-4-3-5-7-13/h3-9,11-12H,10H2,1-2H3,(H,24,27)/b22-11-. The van der Waals surface area contributed by atoms with E-state index in [9.17, 15) is 0 Å². The van der Waals surface area contributed by atoms with Crippen LogP contribution in [0.2, 0.25) is 10.0 Å². The van der Waals surface area contributed by atoms with Gasteiger partial charge in [0, 0.05) is 6.42 Å². The van der Waals surface area contributed by atoms with E-state index in [0.29, 0.717) is 32.8 Å². The van der Waals surface area contributed by atoms with Gasteiger partial charge < -0.3 is 4.74 Å². The van der Waals surface area contributed by atoms with Gasteiger partial charge in [-0.05, 0) is 49.3 Å². The van der Waals surface area contributed by atoms with Crippen molar-refractivity contribution >= 4 is 41.6 Å². The highest BCUT2D eigenvalue weighted by molar-refractivity contribution is 7.71. The minimum Gasteiger partial charge on any atom is -0.488 e. The first-order valence-corrected chi connectivity index (χ1v) is 9.50. The molecule has 0 radical (unpaired) electrons. The lowest BCUT2D eigenvalue weighted by atomic mass is 10.1. The number of aromatic nitrogens is 3. The molecule has 0 saturated carbocycles. The van der Waals surface area contributed by atoms with Crippen molar-refractivity contribution in [3.63, 3.8) is 0 Å². The quantitative estimate of drug-likeness (QED) is 0.422. The van der Waals surface area contributed by atoms with Gasteiger partial charge in [0.1, 0.15) is 0 Å². The Hall–Kier alpha value is -2.15. The Morgan fingerprint density at radius 1 is 1.22 bits per heavy atom. The Kier molecular flexibility index (Phi) is 6.31. The number of hydrogen-bond donors (Lipinski definition) is 1. The fraction of sp³-hybridized carbons (Fsp3) is 0.211. The highest BCUT2D eigenvalue weighted by atomic mass is 35.5. The second kappa shape index (κ2) is 8.69. The van der Waals surface area contributed by atoms with Gasteiger partial charge in [-0.15, -0.1) is 0 Å². The van der Waals surface area contributed by atoms with Crippen LogP contribution in [-0.4, -0.2) is 27.2 Å². The van der Waals surface area contributed by atoms with E-state index in [1.54, 1.807) is 23.0 Å². The van der Waals surface area contributed by atoms with Crippen molar-refractivity contribution in [2.45, 2.75) is 26.4 Å². The highest BCUT2D eigenvalue weighted by Gasteiger charge is 2.11. The van der Waals surface area contributed by atoms with E-state index in [1.165, 1.54) is 0 Å². The van der Waals surface area contributed by atoms with Gasteiger partial charge in [-0.3, -0.25) is 5.10 Å². The van der Waals surface area contributed by atoms with Gasteiger partial charge in [0.05, 0.1) is 22.4 Å². The molecule has 0 aliphatic heterocycles. The van der Waals surface area contributed by atoms with Crippen molar-refractivity contribution < 1.29 is 4.74 Å². The fourth-order valence-corrected chi connectivity index (χ4v) is 3.25. The zero-order chi connectivity index (χ0) is 19.4. The summed E-state index contributed by atoms with van der Waals surface area (Å²) in [5.74, 6) is 1.18. The molecule has 140 valence electrons. The van der Waals surface area contributed by atoms with Crippen molar-refractivity contribution in [1.29, 1.82) is 0 Å². The molecule has 0 unspecified atom stereocenters. The summed E-state index contributed by atoms with van der Waals surface area (Å²) < 4.78 is 7.64. The molecule has 0 spiro atoms. The molecule has 1 heterocycles. The molecule has 0 fully saturated rings. The van der Waals surface area contributed by atoms with Gasteiger partial charge in [-0.2, -0.15) is 14.9 Å². The molecule has 3 rings (SSSR count). The molecule has 1 N–H and O–H groups in total. The summed E-state index contributed by atoms with van der Waals surface area (Å²) in [4.78, 5) is 0. The van der Waals surface area contributed by atoms with Gasteiger partial charge in [-0.25, -0.2) is 0 Å². The summed E-state index contributed by atoms with van der Waals surface area (Å²) >= 11 is 17.9. The molecule has 8 heteroatoms. The smallest absolute Gasteiger partial charge is 0.216 e. The largest absolute Gasteiger partial charge is 0.488 e. The first-order chi connectivity index (χ1) is 12.9. The number of nitrogens with one attached hydrogen (secondary N) is 1. The Balaban J connectivity index is 1.87. The maximum Gasteiger partial charge on any atom is 0.216 e. The van der Waals surface area contributed by atoms with Crippen LogP contribution in [0.4, 0.5) is 0 Å². The summed E-state index contributed by atoms with van der Waals surface area (Å²) in [5.41, 5.74) is 1.85. The van der Waals surface area contributed by atoms with E-state index in [0.717, 1.165) is 11.1 Å². The van der Waals surface area contributed by atoms with Crippen LogP contribution < -0.4 is 4.74 Å². The first-order valence-electron chi connectivity index (χ1n) is 8.34. The van der Waals surface area contributed by atoms with Crippen LogP contribution in [0, 0.1) is 4.77 Å². The Morgan fingerprint density at radius 3 is 2.52 bits per heavy atom. The van der Waals surface area contributed by atoms with E-state index < -0.39 is 0 Å². The average Bonchev–Trinajstić information content (AvgIpc) is 2.97. The molecule has 0 aliphatic carbocycles. The van der Waals surface area contributed by atoms with Crippen molar-refractivity contribution in [2.24, 2.45) is 5.10 Å². The van der Waals surface area contributed by atoms with E-state index in [1.807, 2.05) is 44.2 Å². The molecule has 5 nitrogen and oxygen atoms in total. The van der Waals surface area contributed by atoms with E-state index in [2.05, 4.69) is 15.3 Å². The van der Waals surface area contributed by atoms with Crippen molar-refractivity contribution in [3.05, 3.63) is 74.2 Å². The minimum absolute atomic E-state index is 0.0238. The van der Waals surface area contributed by atoms with Crippen LogP contribution in [0.1, 0.15) is 30.8 Å². The number of nitrogens with zero attached hydrogens (tertiary/aromatic N) is 3. The number of H-pyrrole nitrogens is 1. The summed E-state index contributed by atoms with van der Waals surface area (Å²) in [7, 11) is 0. The summed E-state index contributed by atoms with van der Waals surface area (Å²) in [6.07, 6.45) is 2.22. The van der Waals surface area contributed by atoms with E-state index in [-0.39, 0.29) is 6.10 Å². The number of benzene rings is 2. The molecule has 0 atom stereocenters. The minimum atomic E-state index is -0.0238. The van der Waals surface area contributed by atoms with Crippen LogP contribution in [0.5, 0.6) is 5.75 Å². The highest BCUT2D eigenvalue weighted by Crippen LogP contribution is 2.34. The number of hydrogen-bond acceptors (Lipinski definition) is 4. The molecule has 0 bridgehead atoms. The molecule has 27 heavy (non-hydrogen) atoms. The molecule has 1 aromatic heterocycles. The lowest BCUT2D eigenvalue weighted by Gasteiger charge is -2.13. The van der Waals surface area contributed by atoms with Crippen LogP contribution in [0.25, 0.3) is 0 Å². The Morgan fingerprint density at radius 2 is 1.89 bits per heavy atom. The number of rotatable bonds is 6. The zero-order valence-electron chi connectivity index (χ0n) is 14.8. The second-order valence-corrected chi connectivity index (χ2v) is 7.35. The Bertz CT molecular complexity index is 989. The van der Waals surface area contributed by atoms with Crippen LogP contribution in [0.3, 0.4) is 0 Å². The van der Waals surface area contributed by atoms with E-state index in [4.69, 9.17) is 40.2 Å². The number of halogens is 2. The molecule has 0 aliphatic rings. The van der Waals surface area contributed by atoms with Gasteiger partial charge in [0.15, 0.2) is 11.6 Å². The monoisotopic (exact) mass is 420 g/mol. The molecule has 3 aromatic rings. The van der Waals surface area contributed by atoms with Gasteiger partial charge >= 0.3 is 0 Å². The van der Waals surface area contributed by atoms with Gasteiger partial charge in [0.2, 0.25) is 4.77 Å². The number of ether oxygens (including phenoxy) is 1. The third kappa shape index (κ3) is 4.97. The van der Waals surface area contributed by atoms with Gasteiger partial charge in [-0.1, -0.05) is 53.5 Å². The van der Waals surface area contributed by atoms with Crippen molar-refractivity contribution in [1.82, 2.24) is 14.9 Å². The average molecular weight is 421 g/mol. The van der Waals surface area contributed by atoms with Crippen molar-refractivity contribution in [3.8, 4) is 5.75 Å². The molecule has 2 aromatic carbocycles. The van der Waals surface area contributed by atoms with E-state index >= 15 is 0 Å². The van der Waals surface area contributed by atoms with Crippen LogP contribution >= 0.6 is 35.4 Å². The molecular weight excluding hydrogens is 403 g/mol. The van der Waals surface area contributed by atoms with Crippen LogP contribution in [0.15, 0.2) is 47.6 Å². The third-order valence-corrected chi connectivity index (χ3v) is 4.44. The number of aromatic amines is 1. The summed E-state index contributed by atoms with van der Waals surface area (Å²) in [6, 6.07) is 13.5. The topological polar surface area (TPSA) is 55.2 Å². The Labute approximate surface area is 172 Å². The zero-order valence-corrected chi connectivity index (χ0v) is 17.1. The lowest BCUT2D eigenvalue weighted by molar-refractivity contribution is 0.243. The predicted molar refractivity (Wildman–Crippen MR) is 112 cm³/mol.